The van der Waals surface area contributed by atoms with Crippen molar-refractivity contribution in [3.63, 3.8) is 0 Å². The van der Waals surface area contributed by atoms with Crippen LogP contribution in [0.5, 0.6) is 0 Å². The van der Waals surface area contributed by atoms with Gasteiger partial charge in [0.2, 0.25) is 0 Å². The summed E-state index contributed by atoms with van der Waals surface area (Å²) in [5.41, 5.74) is 2.33. The highest BCUT2D eigenvalue weighted by molar-refractivity contribution is 7.85. The van der Waals surface area contributed by atoms with Crippen LogP contribution in [0, 0.1) is 13.8 Å². The molecule has 3 unspecified atom stereocenters. The molecule has 1 aromatic rings. The van der Waals surface area contributed by atoms with Crippen LogP contribution in [0.15, 0.2) is 23.1 Å². The number of benzene rings is 1. The topological polar surface area (TPSA) is 29.1 Å². The molecule has 0 aliphatic rings. The Labute approximate surface area is 101 Å². The summed E-state index contributed by atoms with van der Waals surface area (Å²) in [6.45, 7) is 8.17. The zero-order chi connectivity index (χ0) is 12.3. The van der Waals surface area contributed by atoms with Gasteiger partial charge in [-0.2, -0.15) is 0 Å². The highest BCUT2D eigenvalue weighted by Crippen LogP contribution is 2.19. The number of rotatable bonds is 4. The second-order valence-corrected chi connectivity index (χ2v) is 6.13. The van der Waals surface area contributed by atoms with Crippen LogP contribution in [-0.2, 0) is 10.8 Å². The van der Waals surface area contributed by atoms with Crippen molar-refractivity contribution in [1.82, 2.24) is 5.32 Å². The lowest BCUT2D eigenvalue weighted by molar-refractivity contribution is 0.584. The van der Waals surface area contributed by atoms with Crippen molar-refractivity contribution in [2.24, 2.45) is 0 Å². The van der Waals surface area contributed by atoms with E-state index in [0.717, 1.165) is 10.5 Å². The van der Waals surface area contributed by atoms with E-state index < -0.39 is 10.8 Å². The Bertz CT molecular complexity index is 390. The predicted molar refractivity (Wildman–Crippen MR) is 70.3 cm³/mol. The summed E-state index contributed by atoms with van der Waals surface area (Å²) in [5, 5.41) is 3.27. The molecule has 1 aromatic carbocycles. The van der Waals surface area contributed by atoms with Crippen LogP contribution in [0.3, 0.4) is 0 Å². The maximum atomic E-state index is 12.3. The normalized spacial score (nSPS) is 16.8. The summed E-state index contributed by atoms with van der Waals surface area (Å²) in [6, 6.07) is 6.35. The van der Waals surface area contributed by atoms with Gasteiger partial charge < -0.3 is 5.32 Å². The maximum Gasteiger partial charge on any atom is 0.0576 e. The molecule has 3 atom stereocenters. The van der Waals surface area contributed by atoms with Crippen molar-refractivity contribution in [3.05, 3.63) is 29.3 Å². The Morgan fingerprint density at radius 3 is 2.38 bits per heavy atom. The highest BCUT2D eigenvalue weighted by atomic mass is 32.2. The second-order valence-electron chi connectivity index (χ2n) is 4.35. The Morgan fingerprint density at radius 2 is 1.88 bits per heavy atom. The zero-order valence-electron chi connectivity index (χ0n) is 10.7. The molecule has 0 aliphatic heterocycles. The minimum absolute atomic E-state index is 0.117. The third kappa shape index (κ3) is 2.92. The first kappa shape index (κ1) is 13.4. The van der Waals surface area contributed by atoms with E-state index in [1.54, 1.807) is 0 Å². The van der Waals surface area contributed by atoms with Crippen LogP contribution in [0.25, 0.3) is 0 Å². The van der Waals surface area contributed by atoms with Gasteiger partial charge in [0.15, 0.2) is 0 Å². The Balaban J connectivity index is 2.96. The quantitative estimate of drug-likeness (QED) is 0.874. The van der Waals surface area contributed by atoms with Crippen molar-refractivity contribution in [2.75, 3.05) is 7.05 Å². The van der Waals surface area contributed by atoms with E-state index >= 15 is 0 Å². The van der Waals surface area contributed by atoms with Crippen LogP contribution < -0.4 is 5.32 Å². The van der Waals surface area contributed by atoms with Gasteiger partial charge in [-0.25, -0.2) is 0 Å². The van der Waals surface area contributed by atoms with E-state index in [2.05, 4.69) is 25.2 Å². The van der Waals surface area contributed by atoms with Crippen molar-refractivity contribution in [1.29, 1.82) is 0 Å². The lowest BCUT2D eigenvalue weighted by Gasteiger charge is -2.19. The Hall–Kier alpha value is -0.670. The van der Waals surface area contributed by atoms with Gasteiger partial charge >= 0.3 is 0 Å². The smallest absolute Gasteiger partial charge is 0.0576 e. The summed E-state index contributed by atoms with van der Waals surface area (Å²) >= 11 is 0. The first-order chi connectivity index (χ1) is 7.47. The van der Waals surface area contributed by atoms with Gasteiger partial charge in [-0.1, -0.05) is 17.7 Å². The van der Waals surface area contributed by atoms with E-state index in [4.69, 9.17) is 0 Å². The fraction of sp³-hybridized carbons (Fsp3) is 0.538. The van der Waals surface area contributed by atoms with Gasteiger partial charge in [-0.05, 0) is 46.4 Å². The van der Waals surface area contributed by atoms with Crippen LogP contribution in [0.2, 0.25) is 0 Å². The lowest BCUT2D eigenvalue weighted by atomic mass is 10.2. The van der Waals surface area contributed by atoms with E-state index in [1.165, 1.54) is 5.56 Å². The third-order valence-electron chi connectivity index (χ3n) is 3.04. The molecular formula is C13H21NOS. The number of hydrogen-bond acceptors (Lipinski definition) is 2. The molecule has 0 aliphatic carbocycles. The molecule has 0 saturated carbocycles. The molecule has 0 heterocycles. The molecule has 3 heteroatoms. The van der Waals surface area contributed by atoms with E-state index in [0.29, 0.717) is 0 Å². The molecule has 90 valence electrons. The predicted octanol–water partition coefficient (Wildman–Crippen LogP) is 2.41. The van der Waals surface area contributed by atoms with Gasteiger partial charge in [0.1, 0.15) is 0 Å². The fourth-order valence-corrected chi connectivity index (χ4v) is 3.13. The van der Waals surface area contributed by atoms with Crippen molar-refractivity contribution < 1.29 is 4.21 Å². The summed E-state index contributed by atoms with van der Waals surface area (Å²) in [7, 11) is 0.963. The minimum Gasteiger partial charge on any atom is -0.316 e. The molecule has 0 spiro atoms. The monoisotopic (exact) mass is 239 g/mol. The van der Waals surface area contributed by atoms with Gasteiger partial charge in [-0.15, -0.1) is 0 Å². The molecule has 0 saturated heterocycles. The molecule has 1 rings (SSSR count). The molecule has 0 radical (unpaired) electrons. The molecule has 0 bridgehead atoms. The van der Waals surface area contributed by atoms with Crippen molar-refractivity contribution in [3.8, 4) is 0 Å². The van der Waals surface area contributed by atoms with Gasteiger partial charge in [-0.3, -0.25) is 4.21 Å². The minimum atomic E-state index is -0.940. The SMILES string of the molecule is CNC(C)C(C)S(=O)c1ccc(C)cc1C. The summed E-state index contributed by atoms with van der Waals surface area (Å²) in [5.74, 6) is 0. The molecule has 0 aromatic heterocycles. The van der Waals surface area contributed by atoms with Gasteiger partial charge in [0, 0.05) is 10.9 Å². The van der Waals surface area contributed by atoms with E-state index in [9.17, 15) is 4.21 Å². The van der Waals surface area contributed by atoms with Crippen LogP contribution >= 0.6 is 0 Å². The summed E-state index contributed by atoms with van der Waals surface area (Å²) in [6.07, 6.45) is 0. The van der Waals surface area contributed by atoms with E-state index in [1.807, 2.05) is 33.0 Å². The summed E-state index contributed by atoms with van der Waals surface area (Å²) in [4.78, 5) is 0.959. The average molecular weight is 239 g/mol. The van der Waals surface area contributed by atoms with Gasteiger partial charge in [0.05, 0.1) is 16.0 Å². The Kier molecular flexibility index (Phi) is 4.69. The Morgan fingerprint density at radius 1 is 1.25 bits per heavy atom. The largest absolute Gasteiger partial charge is 0.316 e. The van der Waals surface area contributed by atoms with Crippen LogP contribution in [0.1, 0.15) is 25.0 Å². The van der Waals surface area contributed by atoms with Gasteiger partial charge in [0.25, 0.3) is 0 Å². The average Bonchev–Trinajstić information content (AvgIpc) is 2.26. The first-order valence-corrected chi connectivity index (χ1v) is 6.83. The van der Waals surface area contributed by atoms with Crippen molar-refractivity contribution in [2.45, 2.75) is 43.9 Å². The number of hydrogen-bond donors (Lipinski definition) is 1. The molecule has 1 N–H and O–H groups in total. The molecular weight excluding hydrogens is 218 g/mol. The molecule has 16 heavy (non-hydrogen) atoms. The maximum absolute atomic E-state index is 12.3. The standard InChI is InChI=1S/C13H21NOS/c1-9-6-7-13(10(2)8-9)16(15)12(4)11(3)14-5/h6-8,11-12,14H,1-5H3. The van der Waals surface area contributed by atoms with Crippen LogP contribution in [-0.4, -0.2) is 22.5 Å². The van der Waals surface area contributed by atoms with E-state index in [-0.39, 0.29) is 11.3 Å². The molecule has 0 fully saturated rings. The van der Waals surface area contributed by atoms with Crippen molar-refractivity contribution >= 4 is 10.8 Å². The zero-order valence-corrected chi connectivity index (χ0v) is 11.5. The number of nitrogens with one attached hydrogen (secondary N) is 1. The second kappa shape index (κ2) is 5.60. The molecule has 0 amide bonds. The fourth-order valence-electron chi connectivity index (χ4n) is 1.65. The lowest BCUT2D eigenvalue weighted by Crippen LogP contribution is -2.35. The molecule has 2 nitrogen and oxygen atoms in total. The summed E-state index contributed by atoms with van der Waals surface area (Å²) < 4.78 is 12.3. The highest BCUT2D eigenvalue weighted by Gasteiger charge is 2.20. The number of aryl methyl sites for hydroxylation is 2. The third-order valence-corrected chi connectivity index (χ3v) is 5.02. The first-order valence-electron chi connectivity index (χ1n) is 5.62. The van der Waals surface area contributed by atoms with Crippen LogP contribution in [0.4, 0.5) is 0 Å².